The number of likely N-dealkylation sites (N-methyl/N-ethyl adjacent to an activating group) is 1. The zero-order valence-electron chi connectivity index (χ0n) is 16.0. The van der Waals surface area contributed by atoms with Crippen LogP contribution in [0.4, 0.5) is 0 Å². The average Bonchev–Trinajstić information content (AvgIpc) is 2.88. The molecule has 2 atom stereocenters. The molecule has 1 aliphatic rings. The molecule has 1 fully saturated rings. The van der Waals surface area contributed by atoms with E-state index in [9.17, 15) is 13.2 Å². The first-order chi connectivity index (χ1) is 11.7. The summed E-state index contributed by atoms with van der Waals surface area (Å²) in [6, 6.07) is 8.12. The van der Waals surface area contributed by atoms with Gasteiger partial charge in [0.2, 0.25) is 5.91 Å². The molecule has 1 aromatic rings. The van der Waals surface area contributed by atoms with E-state index < -0.39 is 9.84 Å². The molecule has 1 heterocycles. The lowest BCUT2D eigenvalue weighted by Gasteiger charge is -2.32. The third kappa shape index (κ3) is 4.63. The van der Waals surface area contributed by atoms with Crippen molar-refractivity contribution in [3.63, 3.8) is 0 Å². The molecule has 4 nitrogen and oxygen atoms in total. The third-order valence-corrected chi connectivity index (χ3v) is 6.92. The predicted molar refractivity (Wildman–Crippen MR) is 103 cm³/mol. The zero-order valence-corrected chi connectivity index (χ0v) is 16.8. The number of hydrogen-bond donors (Lipinski definition) is 0. The Bertz CT molecular complexity index is 692. The Morgan fingerprint density at radius 1 is 1.12 bits per heavy atom. The molecule has 0 saturated carbocycles. The largest absolute Gasteiger partial charge is 0.338 e. The Morgan fingerprint density at radius 2 is 1.68 bits per heavy atom. The molecule has 0 spiro atoms. The first-order valence-corrected chi connectivity index (χ1v) is 11.1. The first kappa shape index (κ1) is 20.0. The molecule has 0 aromatic heterocycles. The molecule has 1 aliphatic heterocycles. The zero-order chi connectivity index (χ0) is 18.8. The Labute approximate surface area is 152 Å². The second-order valence-electron chi connectivity index (χ2n) is 7.72. The molecule has 1 saturated heterocycles. The summed E-state index contributed by atoms with van der Waals surface area (Å²) in [4.78, 5) is 15.0. The fourth-order valence-corrected chi connectivity index (χ4v) is 5.43. The van der Waals surface area contributed by atoms with Crippen molar-refractivity contribution in [2.45, 2.75) is 58.9 Å². The van der Waals surface area contributed by atoms with Crippen molar-refractivity contribution in [3.8, 4) is 0 Å². The molecule has 2 unspecified atom stereocenters. The Kier molecular flexibility index (Phi) is 6.30. The highest BCUT2D eigenvalue weighted by molar-refractivity contribution is 7.91. The van der Waals surface area contributed by atoms with Crippen LogP contribution in [0.5, 0.6) is 0 Å². The molecule has 25 heavy (non-hydrogen) atoms. The van der Waals surface area contributed by atoms with Crippen molar-refractivity contribution in [1.82, 2.24) is 4.90 Å². The van der Waals surface area contributed by atoms with Crippen molar-refractivity contribution in [2.24, 2.45) is 5.92 Å². The maximum atomic E-state index is 13.3. The highest BCUT2D eigenvalue weighted by Gasteiger charge is 2.37. The molecule has 0 aliphatic carbocycles. The smallest absolute Gasteiger partial charge is 0.230 e. The van der Waals surface area contributed by atoms with Gasteiger partial charge in [0.05, 0.1) is 17.4 Å². The SMILES string of the molecule is CCN(C(=O)C(c1ccc(C(C)C)cc1)C(C)C)C1CCS(=O)(=O)C1. The van der Waals surface area contributed by atoms with Crippen LogP contribution in [-0.4, -0.2) is 43.3 Å². The van der Waals surface area contributed by atoms with Gasteiger partial charge in [-0.05, 0) is 36.3 Å². The number of carbonyl (C=O) groups excluding carboxylic acids is 1. The van der Waals surface area contributed by atoms with Crippen LogP contribution in [0.2, 0.25) is 0 Å². The van der Waals surface area contributed by atoms with E-state index in [1.165, 1.54) is 5.56 Å². The summed E-state index contributed by atoms with van der Waals surface area (Å²) >= 11 is 0. The van der Waals surface area contributed by atoms with Gasteiger partial charge in [0.1, 0.15) is 0 Å². The van der Waals surface area contributed by atoms with Gasteiger partial charge in [-0.25, -0.2) is 8.42 Å². The molecular weight excluding hydrogens is 334 g/mol. The lowest BCUT2D eigenvalue weighted by atomic mass is 9.85. The predicted octanol–water partition coefficient (Wildman–Crippen LogP) is 3.59. The summed E-state index contributed by atoms with van der Waals surface area (Å²) in [7, 11) is -3.00. The van der Waals surface area contributed by atoms with E-state index in [-0.39, 0.29) is 35.3 Å². The highest BCUT2D eigenvalue weighted by atomic mass is 32.2. The number of rotatable bonds is 6. The Morgan fingerprint density at radius 3 is 2.08 bits per heavy atom. The van der Waals surface area contributed by atoms with Crippen molar-refractivity contribution in [1.29, 1.82) is 0 Å². The number of benzene rings is 1. The molecule has 5 heteroatoms. The van der Waals surface area contributed by atoms with Crippen LogP contribution in [0.3, 0.4) is 0 Å². The van der Waals surface area contributed by atoms with Crippen LogP contribution in [-0.2, 0) is 14.6 Å². The highest BCUT2D eigenvalue weighted by Crippen LogP contribution is 2.30. The summed E-state index contributed by atoms with van der Waals surface area (Å²) in [5.41, 5.74) is 2.27. The minimum absolute atomic E-state index is 0.0527. The number of carbonyl (C=O) groups is 1. The molecule has 2 rings (SSSR count). The molecule has 140 valence electrons. The van der Waals surface area contributed by atoms with Gasteiger partial charge in [-0.15, -0.1) is 0 Å². The minimum atomic E-state index is -3.00. The maximum Gasteiger partial charge on any atom is 0.230 e. The normalized spacial score (nSPS) is 20.8. The fraction of sp³-hybridized carbons (Fsp3) is 0.650. The van der Waals surface area contributed by atoms with Crippen LogP contribution in [0.15, 0.2) is 24.3 Å². The molecule has 0 bridgehead atoms. The third-order valence-electron chi connectivity index (χ3n) is 5.17. The topological polar surface area (TPSA) is 54.5 Å². The second-order valence-corrected chi connectivity index (χ2v) is 9.95. The van der Waals surface area contributed by atoms with Gasteiger partial charge in [-0.1, -0.05) is 52.0 Å². The fourth-order valence-electron chi connectivity index (χ4n) is 3.69. The van der Waals surface area contributed by atoms with E-state index in [0.717, 1.165) is 5.56 Å². The van der Waals surface area contributed by atoms with Crippen LogP contribution in [0.25, 0.3) is 0 Å². The Balaban J connectivity index is 2.27. The van der Waals surface area contributed by atoms with Crippen LogP contribution >= 0.6 is 0 Å². The first-order valence-electron chi connectivity index (χ1n) is 9.27. The lowest BCUT2D eigenvalue weighted by molar-refractivity contribution is -0.135. The van der Waals surface area contributed by atoms with Crippen molar-refractivity contribution < 1.29 is 13.2 Å². The van der Waals surface area contributed by atoms with Gasteiger partial charge in [0, 0.05) is 12.6 Å². The summed E-state index contributed by atoms with van der Waals surface area (Å²) in [6.07, 6.45) is 0.555. The van der Waals surface area contributed by atoms with Crippen molar-refractivity contribution >= 4 is 15.7 Å². The molecule has 0 N–H and O–H groups in total. The summed E-state index contributed by atoms with van der Waals surface area (Å²) < 4.78 is 23.6. The monoisotopic (exact) mass is 365 g/mol. The van der Waals surface area contributed by atoms with E-state index in [0.29, 0.717) is 18.9 Å². The quantitative estimate of drug-likeness (QED) is 0.774. The second kappa shape index (κ2) is 7.90. The molecule has 1 amide bonds. The van der Waals surface area contributed by atoms with Crippen LogP contribution in [0, 0.1) is 5.92 Å². The van der Waals surface area contributed by atoms with Gasteiger partial charge in [0.15, 0.2) is 9.84 Å². The number of nitrogens with zero attached hydrogens (tertiary/aromatic N) is 1. The molecule has 0 radical (unpaired) electrons. The standard InChI is InChI=1S/C20H31NO3S/c1-6-21(18-11-12-25(23,24)13-18)20(22)19(15(4)5)17-9-7-16(8-10-17)14(2)3/h7-10,14-15,18-19H,6,11-13H2,1-5H3. The number of hydrogen-bond acceptors (Lipinski definition) is 3. The van der Waals surface area contributed by atoms with Crippen molar-refractivity contribution in [3.05, 3.63) is 35.4 Å². The van der Waals surface area contributed by atoms with Crippen molar-refractivity contribution in [2.75, 3.05) is 18.1 Å². The van der Waals surface area contributed by atoms with E-state index in [2.05, 4.69) is 52.0 Å². The van der Waals surface area contributed by atoms with E-state index >= 15 is 0 Å². The van der Waals surface area contributed by atoms with E-state index in [1.54, 1.807) is 4.90 Å². The maximum absolute atomic E-state index is 13.3. The van der Waals surface area contributed by atoms with Gasteiger partial charge in [-0.3, -0.25) is 4.79 Å². The minimum Gasteiger partial charge on any atom is -0.338 e. The summed E-state index contributed by atoms with van der Waals surface area (Å²) in [5.74, 6) is 0.726. The average molecular weight is 366 g/mol. The van der Waals surface area contributed by atoms with Crippen LogP contribution < -0.4 is 0 Å². The van der Waals surface area contributed by atoms with Gasteiger partial charge >= 0.3 is 0 Å². The van der Waals surface area contributed by atoms with Gasteiger partial charge in [-0.2, -0.15) is 0 Å². The lowest BCUT2D eigenvalue weighted by Crippen LogP contribution is -2.44. The summed E-state index contributed by atoms with van der Waals surface area (Å²) in [5, 5.41) is 0. The van der Waals surface area contributed by atoms with E-state index in [4.69, 9.17) is 0 Å². The van der Waals surface area contributed by atoms with Gasteiger partial charge < -0.3 is 4.90 Å². The Hall–Kier alpha value is -1.36. The molecule has 1 aromatic carbocycles. The number of sulfone groups is 1. The van der Waals surface area contributed by atoms with Gasteiger partial charge in [0.25, 0.3) is 0 Å². The molecular formula is C20H31NO3S. The van der Waals surface area contributed by atoms with Crippen LogP contribution in [0.1, 0.15) is 64.0 Å². The van der Waals surface area contributed by atoms with E-state index in [1.807, 2.05) is 6.92 Å². The number of amides is 1. The summed E-state index contributed by atoms with van der Waals surface area (Å²) in [6.45, 7) is 10.9.